The normalized spacial score (nSPS) is 11.7. The Hall–Kier alpha value is -1.31. The summed E-state index contributed by atoms with van der Waals surface area (Å²) in [6.45, 7) is 2.20. The number of furan rings is 1. The zero-order valence-corrected chi connectivity index (χ0v) is 9.95. The Kier molecular flexibility index (Phi) is 6.31. The quantitative estimate of drug-likeness (QED) is 0.373. The number of carbonyl (C=O) groups is 1. The summed E-state index contributed by atoms with van der Waals surface area (Å²) < 4.78 is 4.96. The summed E-state index contributed by atoms with van der Waals surface area (Å²) in [6, 6.07) is 1.86. The molecule has 1 rings (SSSR count). The molecule has 88 valence electrons. The van der Waals surface area contributed by atoms with Gasteiger partial charge in [0.2, 0.25) is 0 Å². The summed E-state index contributed by atoms with van der Waals surface area (Å²) >= 11 is 0. The molecule has 2 heteroatoms. The molecule has 0 amide bonds. The summed E-state index contributed by atoms with van der Waals surface area (Å²) in [5, 5.41) is 0. The highest BCUT2D eigenvalue weighted by Gasteiger charge is 1.98. The molecule has 1 heterocycles. The number of rotatable bonds is 8. The number of hydrogen-bond acceptors (Lipinski definition) is 2. The third-order valence-corrected chi connectivity index (χ3v) is 2.62. The second-order valence-corrected chi connectivity index (χ2v) is 4.06. The SMILES string of the molecule is CCCCCCC/C(C=O)=C\c1ccoc1. The van der Waals surface area contributed by atoms with Crippen molar-refractivity contribution < 1.29 is 9.21 Å². The van der Waals surface area contributed by atoms with E-state index in [2.05, 4.69) is 6.92 Å². The molecule has 0 aromatic carbocycles. The van der Waals surface area contributed by atoms with Gasteiger partial charge < -0.3 is 4.42 Å². The first-order chi connectivity index (χ1) is 7.86. The smallest absolute Gasteiger partial charge is 0.146 e. The topological polar surface area (TPSA) is 30.2 Å². The van der Waals surface area contributed by atoms with Crippen molar-refractivity contribution in [2.45, 2.75) is 45.4 Å². The van der Waals surface area contributed by atoms with Crippen molar-refractivity contribution in [3.63, 3.8) is 0 Å². The molecule has 0 saturated carbocycles. The minimum Gasteiger partial charge on any atom is -0.472 e. The third-order valence-electron chi connectivity index (χ3n) is 2.62. The molecule has 0 fully saturated rings. The first kappa shape index (κ1) is 12.8. The third kappa shape index (κ3) is 4.96. The van der Waals surface area contributed by atoms with Crippen molar-refractivity contribution in [1.82, 2.24) is 0 Å². The molecule has 0 saturated heterocycles. The molecule has 0 atom stereocenters. The van der Waals surface area contributed by atoms with Gasteiger partial charge in [0.05, 0.1) is 12.5 Å². The molecule has 0 aliphatic rings. The van der Waals surface area contributed by atoms with Gasteiger partial charge in [-0.25, -0.2) is 0 Å². The van der Waals surface area contributed by atoms with Crippen LogP contribution in [-0.4, -0.2) is 6.29 Å². The van der Waals surface area contributed by atoms with Gasteiger partial charge in [0.15, 0.2) is 0 Å². The molecule has 2 nitrogen and oxygen atoms in total. The Morgan fingerprint density at radius 2 is 2.12 bits per heavy atom. The number of aldehydes is 1. The van der Waals surface area contributed by atoms with Crippen LogP contribution in [0.1, 0.15) is 51.0 Å². The van der Waals surface area contributed by atoms with E-state index in [1.165, 1.54) is 25.7 Å². The highest BCUT2D eigenvalue weighted by molar-refractivity contribution is 5.81. The van der Waals surface area contributed by atoms with Gasteiger partial charge in [-0.3, -0.25) is 4.79 Å². The highest BCUT2D eigenvalue weighted by Crippen LogP contribution is 2.13. The second-order valence-electron chi connectivity index (χ2n) is 4.06. The van der Waals surface area contributed by atoms with Crippen LogP contribution in [0.3, 0.4) is 0 Å². The predicted octanol–water partition coefficient (Wildman–Crippen LogP) is 4.22. The van der Waals surface area contributed by atoms with Crippen LogP contribution < -0.4 is 0 Å². The Morgan fingerprint density at radius 3 is 2.75 bits per heavy atom. The van der Waals surface area contributed by atoms with Crippen molar-refractivity contribution >= 4 is 12.4 Å². The lowest BCUT2D eigenvalue weighted by Crippen LogP contribution is -1.86. The summed E-state index contributed by atoms with van der Waals surface area (Å²) in [5.74, 6) is 0. The van der Waals surface area contributed by atoms with E-state index in [1.807, 2.05) is 12.1 Å². The van der Waals surface area contributed by atoms with Gasteiger partial charge in [-0.2, -0.15) is 0 Å². The van der Waals surface area contributed by atoms with Gasteiger partial charge in [-0.15, -0.1) is 0 Å². The Labute approximate surface area is 97.3 Å². The van der Waals surface area contributed by atoms with E-state index in [0.29, 0.717) is 0 Å². The maximum atomic E-state index is 10.9. The average Bonchev–Trinajstić information content (AvgIpc) is 2.80. The minimum atomic E-state index is 0.859. The van der Waals surface area contributed by atoms with Crippen LogP contribution in [0.15, 0.2) is 28.6 Å². The summed E-state index contributed by atoms with van der Waals surface area (Å²) in [7, 11) is 0. The zero-order chi connectivity index (χ0) is 11.6. The van der Waals surface area contributed by atoms with Crippen LogP contribution >= 0.6 is 0 Å². The minimum absolute atomic E-state index is 0.859. The average molecular weight is 220 g/mol. The van der Waals surface area contributed by atoms with E-state index in [9.17, 15) is 4.79 Å². The number of carbonyl (C=O) groups excluding carboxylic acids is 1. The van der Waals surface area contributed by atoms with Gasteiger partial charge in [-0.05, 0) is 30.6 Å². The standard InChI is InChI=1S/C14H20O2/c1-2-3-4-5-6-7-13(11-15)10-14-8-9-16-12-14/h8-12H,2-7H2,1H3/b13-10+. The fourth-order valence-electron chi connectivity index (χ4n) is 1.67. The van der Waals surface area contributed by atoms with E-state index in [-0.39, 0.29) is 0 Å². The molecule has 0 unspecified atom stereocenters. The maximum absolute atomic E-state index is 10.9. The zero-order valence-electron chi connectivity index (χ0n) is 9.95. The van der Waals surface area contributed by atoms with Gasteiger partial charge >= 0.3 is 0 Å². The predicted molar refractivity (Wildman–Crippen MR) is 66.1 cm³/mol. The van der Waals surface area contributed by atoms with Gasteiger partial charge in [0.25, 0.3) is 0 Å². The lowest BCUT2D eigenvalue weighted by atomic mass is 10.1. The first-order valence-electron chi connectivity index (χ1n) is 6.04. The molecule has 16 heavy (non-hydrogen) atoms. The second kappa shape index (κ2) is 7.91. The molecule has 0 spiro atoms. The van der Waals surface area contributed by atoms with E-state index in [4.69, 9.17) is 4.42 Å². The lowest BCUT2D eigenvalue weighted by molar-refractivity contribution is -0.105. The van der Waals surface area contributed by atoms with Crippen molar-refractivity contribution in [3.05, 3.63) is 29.7 Å². The molecule has 0 radical (unpaired) electrons. The van der Waals surface area contributed by atoms with Crippen molar-refractivity contribution in [3.8, 4) is 0 Å². The van der Waals surface area contributed by atoms with Crippen LogP contribution in [-0.2, 0) is 4.79 Å². The van der Waals surface area contributed by atoms with Crippen LogP contribution in [0, 0.1) is 0 Å². The molecule has 0 aliphatic heterocycles. The van der Waals surface area contributed by atoms with Gasteiger partial charge in [-0.1, -0.05) is 32.6 Å². The molecule has 0 bridgehead atoms. The van der Waals surface area contributed by atoms with Crippen molar-refractivity contribution in [2.24, 2.45) is 0 Å². The fourth-order valence-corrected chi connectivity index (χ4v) is 1.67. The summed E-state index contributed by atoms with van der Waals surface area (Å²) in [5.41, 5.74) is 1.83. The highest BCUT2D eigenvalue weighted by atomic mass is 16.3. The van der Waals surface area contributed by atoms with Crippen molar-refractivity contribution in [2.75, 3.05) is 0 Å². The maximum Gasteiger partial charge on any atom is 0.146 e. The largest absolute Gasteiger partial charge is 0.472 e. The molecular weight excluding hydrogens is 200 g/mol. The Bertz CT molecular complexity index is 309. The van der Waals surface area contributed by atoms with Gasteiger partial charge in [0, 0.05) is 5.56 Å². The number of unbranched alkanes of at least 4 members (excludes halogenated alkanes) is 4. The van der Waals surface area contributed by atoms with E-state index >= 15 is 0 Å². The van der Waals surface area contributed by atoms with Gasteiger partial charge in [0.1, 0.15) is 6.29 Å². The van der Waals surface area contributed by atoms with Crippen LogP contribution in [0.4, 0.5) is 0 Å². The fraction of sp³-hybridized carbons (Fsp3) is 0.500. The molecule has 0 aliphatic carbocycles. The molecular formula is C14H20O2. The molecule has 1 aromatic heterocycles. The van der Waals surface area contributed by atoms with Crippen LogP contribution in [0.25, 0.3) is 6.08 Å². The summed E-state index contributed by atoms with van der Waals surface area (Å²) in [6.07, 6.45) is 13.1. The molecule has 0 N–H and O–H groups in total. The van der Waals surface area contributed by atoms with E-state index in [0.717, 1.165) is 30.3 Å². The van der Waals surface area contributed by atoms with E-state index < -0.39 is 0 Å². The Morgan fingerprint density at radius 1 is 1.31 bits per heavy atom. The number of allylic oxidation sites excluding steroid dienone is 1. The summed E-state index contributed by atoms with van der Waals surface area (Å²) in [4.78, 5) is 10.9. The number of hydrogen-bond donors (Lipinski definition) is 0. The van der Waals surface area contributed by atoms with Crippen LogP contribution in [0.5, 0.6) is 0 Å². The van der Waals surface area contributed by atoms with Crippen LogP contribution in [0.2, 0.25) is 0 Å². The Balaban J connectivity index is 2.29. The van der Waals surface area contributed by atoms with E-state index in [1.54, 1.807) is 12.5 Å². The molecule has 1 aromatic rings. The lowest BCUT2D eigenvalue weighted by Gasteiger charge is -2.00. The first-order valence-corrected chi connectivity index (χ1v) is 6.04. The van der Waals surface area contributed by atoms with Crippen molar-refractivity contribution in [1.29, 1.82) is 0 Å². The monoisotopic (exact) mass is 220 g/mol.